The number of amides is 1. The van der Waals surface area contributed by atoms with Gasteiger partial charge in [0.2, 0.25) is 5.91 Å². The standard InChI is InChI=1S/C14H22FN3O/c1-11(14(19)17(2)3)18(10-6-9-16)13-8-5-4-7-12(13)15/h4-5,7-8,11H,6,9-10,16H2,1-3H3. The van der Waals surface area contributed by atoms with Crippen molar-refractivity contribution in [1.29, 1.82) is 0 Å². The molecule has 0 saturated carbocycles. The minimum atomic E-state index is -0.418. The van der Waals surface area contributed by atoms with E-state index in [9.17, 15) is 9.18 Å². The van der Waals surface area contributed by atoms with Gasteiger partial charge < -0.3 is 15.5 Å². The monoisotopic (exact) mass is 267 g/mol. The quantitative estimate of drug-likeness (QED) is 0.849. The number of halogens is 1. The lowest BCUT2D eigenvalue weighted by molar-refractivity contribution is -0.129. The van der Waals surface area contributed by atoms with Crippen LogP contribution < -0.4 is 10.6 Å². The highest BCUT2D eigenvalue weighted by molar-refractivity contribution is 5.84. The maximum absolute atomic E-state index is 13.9. The van der Waals surface area contributed by atoms with Gasteiger partial charge in [0.15, 0.2) is 0 Å². The third kappa shape index (κ3) is 3.92. The number of anilines is 1. The molecule has 0 aliphatic heterocycles. The van der Waals surface area contributed by atoms with E-state index in [2.05, 4.69) is 0 Å². The molecular weight excluding hydrogens is 245 g/mol. The Morgan fingerprint density at radius 1 is 1.37 bits per heavy atom. The third-order valence-electron chi connectivity index (χ3n) is 3.03. The lowest BCUT2D eigenvalue weighted by atomic mass is 10.1. The fourth-order valence-corrected chi connectivity index (χ4v) is 1.98. The summed E-state index contributed by atoms with van der Waals surface area (Å²) in [7, 11) is 3.39. The van der Waals surface area contributed by atoms with Gasteiger partial charge in [0.1, 0.15) is 11.9 Å². The first kappa shape index (κ1) is 15.4. The van der Waals surface area contributed by atoms with Gasteiger partial charge in [0.05, 0.1) is 5.69 Å². The summed E-state index contributed by atoms with van der Waals surface area (Å²) >= 11 is 0. The van der Waals surface area contributed by atoms with Crippen LogP contribution in [0.5, 0.6) is 0 Å². The smallest absolute Gasteiger partial charge is 0.244 e. The van der Waals surface area contributed by atoms with Gasteiger partial charge in [0, 0.05) is 20.6 Å². The Bertz CT molecular complexity index is 423. The van der Waals surface area contributed by atoms with E-state index in [-0.39, 0.29) is 11.7 Å². The number of benzene rings is 1. The molecule has 1 aromatic carbocycles. The summed E-state index contributed by atoms with van der Waals surface area (Å²) in [5, 5.41) is 0. The summed E-state index contributed by atoms with van der Waals surface area (Å²) in [6.07, 6.45) is 0.708. The second-order valence-electron chi connectivity index (χ2n) is 4.70. The zero-order valence-electron chi connectivity index (χ0n) is 11.8. The first-order valence-electron chi connectivity index (χ1n) is 6.41. The van der Waals surface area contributed by atoms with Gasteiger partial charge in [-0.2, -0.15) is 0 Å². The van der Waals surface area contributed by atoms with Crippen molar-refractivity contribution in [2.45, 2.75) is 19.4 Å². The zero-order valence-corrected chi connectivity index (χ0v) is 11.8. The van der Waals surface area contributed by atoms with Crippen molar-refractivity contribution in [3.8, 4) is 0 Å². The molecule has 1 unspecified atom stereocenters. The van der Waals surface area contributed by atoms with E-state index < -0.39 is 6.04 Å². The molecule has 0 saturated heterocycles. The van der Waals surface area contributed by atoms with Gasteiger partial charge in [0.25, 0.3) is 0 Å². The van der Waals surface area contributed by atoms with Crippen molar-refractivity contribution < 1.29 is 9.18 Å². The van der Waals surface area contributed by atoms with Crippen LogP contribution in [-0.4, -0.2) is 44.0 Å². The largest absolute Gasteiger partial charge is 0.357 e. The Morgan fingerprint density at radius 3 is 2.53 bits per heavy atom. The van der Waals surface area contributed by atoms with Crippen LogP contribution in [-0.2, 0) is 4.79 Å². The number of rotatable bonds is 6. The average molecular weight is 267 g/mol. The SMILES string of the molecule is CC(C(=O)N(C)C)N(CCCN)c1ccccc1F. The van der Waals surface area contributed by atoms with Crippen molar-refractivity contribution in [2.24, 2.45) is 5.73 Å². The highest BCUT2D eigenvalue weighted by Gasteiger charge is 2.24. The molecule has 5 heteroatoms. The molecular formula is C14H22FN3O. The summed E-state index contributed by atoms with van der Waals surface area (Å²) in [6.45, 7) is 2.84. The minimum Gasteiger partial charge on any atom is -0.357 e. The Balaban J connectivity index is 3.01. The van der Waals surface area contributed by atoms with Crippen LogP contribution >= 0.6 is 0 Å². The molecule has 106 valence electrons. The third-order valence-corrected chi connectivity index (χ3v) is 3.03. The topological polar surface area (TPSA) is 49.6 Å². The van der Waals surface area contributed by atoms with Gasteiger partial charge in [-0.25, -0.2) is 4.39 Å². The lowest BCUT2D eigenvalue weighted by Gasteiger charge is -2.32. The summed E-state index contributed by atoms with van der Waals surface area (Å²) in [5.41, 5.74) is 5.96. The second kappa shape index (κ2) is 7.09. The van der Waals surface area contributed by atoms with Gasteiger partial charge >= 0.3 is 0 Å². The van der Waals surface area contributed by atoms with Crippen molar-refractivity contribution in [3.05, 3.63) is 30.1 Å². The van der Waals surface area contributed by atoms with Crippen LogP contribution in [0.4, 0.5) is 10.1 Å². The first-order valence-corrected chi connectivity index (χ1v) is 6.41. The highest BCUT2D eigenvalue weighted by Crippen LogP contribution is 2.21. The van der Waals surface area contributed by atoms with Crippen LogP contribution in [0.25, 0.3) is 0 Å². The van der Waals surface area contributed by atoms with E-state index >= 15 is 0 Å². The lowest BCUT2D eigenvalue weighted by Crippen LogP contribution is -2.46. The molecule has 0 aromatic heterocycles. The summed E-state index contributed by atoms with van der Waals surface area (Å²) < 4.78 is 13.9. The van der Waals surface area contributed by atoms with Crippen LogP contribution in [0.2, 0.25) is 0 Å². The van der Waals surface area contributed by atoms with Gasteiger partial charge in [-0.05, 0) is 32.0 Å². The predicted octanol–water partition coefficient (Wildman–Crippen LogP) is 1.46. The molecule has 0 radical (unpaired) electrons. The molecule has 0 aliphatic rings. The number of carbonyl (C=O) groups excluding carboxylic acids is 1. The number of hydrogen-bond donors (Lipinski definition) is 1. The zero-order chi connectivity index (χ0) is 14.4. The van der Waals surface area contributed by atoms with E-state index in [1.54, 1.807) is 44.1 Å². The number of carbonyl (C=O) groups is 1. The van der Waals surface area contributed by atoms with E-state index in [0.717, 1.165) is 0 Å². The fourth-order valence-electron chi connectivity index (χ4n) is 1.98. The molecule has 1 rings (SSSR count). The maximum Gasteiger partial charge on any atom is 0.244 e. The molecule has 1 aromatic rings. The van der Waals surface area contributed by atoms with Gasteiger partial charge in [-0.3, -0.25) is 4.79 Å². The molecule has 0 spiro atoms. The normalized spacial score (nSPS) is 12.1. The fraction of sp³-hybridized carbons (Fsp3) is 0.500. The van der Waals surface area contributed by atoms with E-state index in [0.29, 0.717) is 25.2 Å². The molecule has 2 N–H and O–H groups in total. The van der Waals surface area contributed by atoms with Crippen LogP contribution in [0.15, 0.2) is 24.3 Å². The maximum atomic E-state index is 13.9. The molecule has 1 amide bonds. The molecule has 0 fully saturated rings. The molecule has 0 heterocycles. The van der Waals surface area contributed by atoms with Gasteiger partial charge in [-0.1, -0.05) is 12.1 Å². The molecule has 19 heavy (non-hydrogen) atoms. The van der Waals surface area contributed by atoms with E-state index in [4.69, 9.17) is 5.73 Å². The van der Waals surface area contributed by atoms with Crippen LogP contribution in [0, 0.1) is 5.82 Å². The average Bonchev–Trinajstić information content (AvgIpc) is 2.39. The molecule has 0 bridgehead atoms. The number of likely N-dealkylation sites (N-methyl/N-ethyl adjacent to an activating group) is 1. The van der Waals surface area contributed by atoms with Crippen LogP contribution in [0.1, 0.15) is 13.3 Å². The Labute approximate surface area is 114 Å². The number of para-hydroxylation sites is 1. The molecule has 4 nitrogen and oxygen atoms in total. The Hall–Kier alpha value is -1.62. The summed E-state index contributed by atoms with van der Waals surface area (Å²) in [4.78, 5) is 15.3. The van der Waals surface area contributed by atoms with Crippen molar-refractivity contribution in [1.82, 2.24) is 4.90 Å². The first-order chi connectivity index (χ1) is 8.99. The highest BCUT2D eigenvalue weighted by atomic mass is 19.1. The van der Waals surface area contributed by atoms with E-state index in [1.165, 1.54) is 11.0 Å². The second-order valence-corrected chi connectivity index (χ2v) is 4.70. The number of nitrogens with zero attached hydrogens (tertiary/aromatic N) is 2. The number of hydrogen-bond acceptors (Lipinski definition) is 3. The summed E-state index contributed by atoms with van der Waals surface area (Å²) in [5.74, 6) is -0.377. The molecule has 0 aliphatic carbocycles. The van der Waals surface area contributed by atoms with Crippen LogP contribution in [0.3, 0.4) is 0 Å². The van der Waals surface area contributed by atoms with Crippen molar-refractivity contribution in [2.75, 3.05) is 32.1 Å². The number of nitrogens with two attached hydrogens (primary N) is 1. The van der Waals surface area contributed by atoms with Gasteiger partial charge in [-0.15, -0.1) is 0 Å². The van der Waals surface area contributed by atoms with Crippen molar-refractivity contribution >= 4 is 11.6 Å². The summed E-state index contributed by atoms with van der Waals surface area (Å²) in [6, 6.07) is 6.07. The van der Waals surface area contributed by atoms with E-state index in [1.807, 2.05) is 0 Å². The Morgan fingerprint density at radius 2 is 2.00 bits per heavy atom. The van der Waals surface area contributed by atoms with Crippen molar-refractivity contribution in [3.63, 3.8) is 0 Å². The predicted molar refractivity (Wildman–Crippen MR) is 75.6 cm³/mol. The molecule has 1 atom stereocenters. The minimum absolute atomic E-state index is 0.0553. The Kier molecular flexibility index (Phi) is 5.76.